The number of carbonyl (C=O) groups is 1. The van der Waals surface area contributed by atoms with Crippen LogP contribution in [0.5, 0.6) is 0 Å². The molecule has 0 atom stereocenters. The Morgan fingerprint density at radius 2 is 1.65 bits per heavy atom. The van der Waals surface area contributed by atoms with Crippen LogP contribution in [0.25, 0.3) is 0 Å². The fraction of sp³-hybridized carbons (Fsp3) is 0. The molecule has 0 aliphatic rings. The van der Waals surface area contributed by atoms with E-state index in [1.165, 1.54) is 24.3 Å². The van der Waals surface area contributed by atoms with Gasteiger partial charge in [-0.3, -0.25) is 4.79 Å². The number of hydrogen-bond donors (Lipinski definition) is 2. The molecule has 3 N–H and O–H groups in total. The third-order valence-electron chi connectivity index (χ3n) is 2.56. The first-order chi connectivity index (χ1) is 9.38. The summed E-state index contributed by atoms with van der Waals surface area (Å²) in [6.07, 6.45) is 0. The molecule has 0 heterocycles. The van der Waals surface area contributed by atoms with Gasteiger partial charge in [-0.25, -0.2) is 13.6 Å². The van der Waals surface area contributed by atoms with Gasteiger partial charge in [0.05, 0.1) is 10.5 Å². The molecule has 0 aliphatic heterocycles. The molecule has 5 nitrogen and oxygen atoms in total. The Morgan fingerprint density at radius 1 is 1.05 bits per heavy atom. The molecule has 0 fully saturated rings. The molecule has 1 amide bonds. The number of hydrogen-bond acceptors (Lipinski definition) is 3. The third kappa shape index (κ3) is 3.44. The van der Waals surface area contributed by atoms with Gasteiger partial charge in [-0.1, -0.05) is 12.1 Å². The van der Waals surface area contributed by atoms with Crippen molar-refractivity contribution in [1.29, 1.82) is 0 Å². The summed E-state index contributed by atoms with van der Waals surface area (Å²) < 4.78 is 22.9. The lowest BCUT2D eigenvalue weighted by Crippen LogP contribution is -2.14. The van der Waals surface area contributed by atoms with Crippen molar-refractivity contribution in [3.05, 3.63) is 58.6 Å². The highest BCUT2D eigenvalue weighted by atomic mass is 79.9. The van der Waals surface area contributed by atoms with Crippen LogP contribution >= 0.6 is 15.9 Å². The van der Waals surface area contributed by atoms with Gasteiger partial charge in [0.15, 0.2) is 0 Å². The van der Waals surface area contributed by atoms with Crippen LogP contribution in [0, 0.1) is 0 Å². The third-order valence-corrected chi connectivity index (χ3v) is 4.18. The summed E-state index contributed by atoms with van der Waals surface area (Å²) >= 11 is 3.29. The van der Waals surface area contributed by atoms with E-state index in [0.29, 0.717) is 15.7 Å². The smallest absolute Gasteiger partial charge is 0.256 e. The van der Waals surface area contributed by atoms with Gasteiger partial charge in [-0.15, -0.1) is 0 Å². The lowest BCUT2D eigenvalue weighted by atomic mass is 10.2. The molecule has 7 heteroatoms. The van der Waals surface area contributed by atoms with Gasteiger partial charge in [0.25, 0.3) is 5.91 Å². The SMILES string of the molecule is NS(=O)(=O)c1ccc(NC(=O)c2ccccc2Br)cc1. The average molecular weight is 355 g/mol. The highest BCUT2D eigenvalue weighted by molar-refractivity contribution is 9.10. The van der Waals surface area contributed by atoms with E-state index in [1.54, 1.807) is 18.2 Å². The summed E-state index contributed by atoms with van der Waals surface area (Å²) in [7, 11) is -3.73. The van der Waals surface area contributed by atoms with E-state index in [2.05, 4.69) is 21.2 Å². The summed E-state index contributed by atoms with van der Waals surface area (Å²) in [5, 5.41) is 7.67. The number of sulfonamides is 1. The van der Waals surface area contributed by atoms with Gasteiger partial charge >= 0.3 is 0 Å². The van der Waals surface area contributed by atoms with Crippen LogP contribution in [0.4, 0.5) is 5.69 Å². The lowest BCUT2D eigenvalue weighted by molar-refractivity contribution is 0.102. The van der Waals surface area contributed by atoms with Crippen LogP contribution in [0.1, 0.15) is 10.4 Å². The molecule has 2 rings (SSSR count). The number of halogens is 1. The molecular formula is C13H11BrN2O3S. The molecule has 0 saturated carbocycles. The lowest BCUT2D eigenvalue weighted by Gasteiger charge is -2.07. The van der Waals surface area contributed by atoms with Gasteiger partial charge < -0.3 is 5.32 Å². The first-order valence-electron chi connectivity index (χ1n) is 5.56. The number of benzene rings is 2. The number of primary sulfonamides is 1. The molecule has 2 aromatic rings. The van der Waals surface area contributed by atoms with Gasteiger partial charge in [-0.2, -0.15) is 0 Å². The summed E-state index contributed by atoms with van der Waals surface area (Å²) in [6, 6.07) is 12.6. The highest BCUT2D eigenvalue weighted by Crippen LogP contribution is 2.18. The van der Waals surface area contributed by atoms with Crippen LogP contribution in [-0.4, -0.2) is 14.3 Å². The van der Waals surface area contributed by atoms with Crippen molar-refractivity contribution >= 4 is 37.5 Å². The van der Waals surface area contributed by atoms with Crippen LogP contribution in [-0.2, 0) is 10.0 Å². The molecule has 0 aliphatic carbocycles. The van der Waals surface area contributed by atoms with Crippen molar-refractivity contribution in [1.82, 2.24) is 0 Å². The normalized spacial score (nSPS) is 11.1. The highest BCUT2D eigenvalue weighted by Gasteiger charge is 2.11. The Labute approximate surface area is 125 Å². The van der Waals surface area contributed by atoms with Gasteiger partial charge in [0.1, 0.15) is 0 Å². The molecule has 0 radical (unpaired) electrons. The van der Waals surface area contributed by atoms with Gasteiger partial charge in [0, 0.05) is 10.2 Å². The fourth-order valence-electron chi connectivity index (χ4n) is 1.57. The number of anilines is 1. The maximum Gasteiger partial charge on any atom is 0.256 e. The Morgan fingerprint density at radius 3 is 2.20 bits per heavy atom. The summed E-state index contributed by atoms with van der Waals surface area (Å²) in [4.78, 5) is 12.0. The van der Waals surface area contributed by atoms with E-state index in [-0.39, 0.29) is 10.8 Å². The van der Waals surface area contributed by atoms with E-state index >= 15 is 0 Å². The van der Waals surface area contributed by atoms with E-state index in [1.807, 2.05) is 6.07 Å². The molecule has 104 valence electrons. The Hall–Kier alpha value is -1.70. The average Bonchev–Trinajstić information content (AvgIpc) is 2.38. The number of carbonyl (C=O) groups excluding carboxylic acids is 1. The molecule has 2 aromatic carbocycles. The van der Waals surface area contributed by atoms with Crippen molar-refractivity contribution in [3.63, 3.8) is 0 Å². The van der Waals surface area contributed by atoms with Crippen LogP contribution < -0.4 is 10.5 Å². The van der Waals surface area contributed by atoms with Crippen molar-refractivity contribution in [2.45, 2.75) is 4.90 Å². The molecular weight excluding hydrogens is 344 g/mol. The molecule has 0 spiro atoms. The number of nitrogens with one attached hydrogen (secondary N) is 1. The Bertz CT molecular complexity index is 742. The number of amides is 1. The topological polar surface area (TPSA) is 89.3 Å². The van der Waals surface area contributed by atoms with Crippen LogP contribution in [0.15, 0.2) is 57.9 Å². The van der Waals surface area contributed by atoms with Crippen molar-refractivity contribution in [3.8, 4) is 0 Å². The van der Waals surface area contributed by atoms with Crippen molar-refractivity contribution in [2.75, 3.05) is 5.32 Å². The summed E-state index contributed by atoms with van der Waals surface area (Å²) in [6.45, 7) is 0. The quantitative estimate of drug-likeness (QED) is 0.886. The van der Waals surface area contributed by atoms with Crippen LogP contribution in [0.3, 0.4) is 0 Å². The second kappa shape index (κ2) is 5.74. The van der Waals surface area contributed by atoms with Gasteiger partial charge in [-0.05, 0) is 52.3 Å². The zero-order valence-electron chi connectivity index (χ0n) is 10.2. The van der Waals surface area contributed by atoms with Crippen molar-refractivity contribution in [2.24, 2.45) is 5.14 Å². The first kappa shape index (κ1) is 14.7. The fourth-order valence-corrected chi connectivity index (χ4v) is 2.55. The van der Waals surface area contributed by atoms with Crippen LogP contribution in [0.2, 0.25) is 0 Å². The standard InChI is InChI=1S/C13H11BrN2O3S/c14-12-4-2-1-3-11(12)13(17)16-9-5-7-10(8-6-9)20(15,18)19/h1-8H,(H,16,17)(H2,15,18,19). The molecule has 0 saturated heterocycles. The predicted molar refractivity (Wildman–Crippen MR) is 79.9 cm³/mol. The maximum absolute atomic E-state index is 12.0. The van der Waals surface area contributed by atoms with Crippen molar-refractivity contribution < 1.29 is 13.2 Å². The minimum Gasteiger partial charge on any atom is -0.322 e. The molecule has 20 heavy (non-hydrogen) atoms. The summed E-state index contributed by atoms with van der Waals surface area (Å²) in [5.41, 5.74) is 0.973. The summed E-state index contributed by atoms with van der Waals surface area (Å²) in [5.74, 6) is -0.291. The largest absolute Gasteiger partial charge is 0.322 e. The van der Waals surface area contributed by atoms with Gasteiger partial charge in [0.2, 0.25) is 10.0 Å². The van der Waals surface area contributed by atoms with E-state index in [0.717, 1.165) is 0 Å². The monoisotopic (exact) mass is 354 g/mol. The number of nitrogens with two attached hydrogens (primary N) is 1. The van der Waals surface area contributed by atoms with E-state index in [4.69, 9.17) is 5.14 Å². The second-order valence-electron chi connectivity index (χ2n) is 4.00. The van der Waals surface area contributed by atoms with E-state index < -0.39 is 10.0 Å². The molecule has 0 aromatic heterocycles. The zero-order valence-corrected chi connectivity index (χ0v) is 12.6. The molecule has 0 bridgehead atoms. The Kier molecular flexibility index (Phi) is 4.22. The minimum absolute atomic E-state index is 0.00334. The predicted octanol–water partition coefficient (Wildman–Crippen LogP) is 2.35. The molecule has 0 unspecified atom stereocenters. The number of rotatable bonds is 3. The maximum atomic E-state index is 12.0. The zero-order chi connectivity index (χ0) is 14.8. The second-order valence-corrected chi connectivity index (χ2v) is 6.42. The first-order valence-corrected chi connectivity index (χ1v) is 7.90. The van der Waals surface area contributed by atoms with E-state index in [9.17, 15) is 13.2 Å². The Balaban J connectivity index is 2.19. The minimum atomic E-state index is -3.73.